The third kappa shape index (κ3) is 2.72. The minimum absolute atomic E-state index is 0.625. The lowest BCUT2D eigenvalue weighted by Gasteiger charge is -2.29. The molecule has 1 saturated heterocycles. The van der Waals surface area contributed by atoms with Crippen LogP contribution in [-0.4, -0.2) is 31.8 Å². The van der Waals surface area contributed by atoms with Gasteiger partial charge in [-0.2, -0.15) is 11.8 Å². The van der Waals surface area contributed by atoms with Crippen LogP contribution in [0.5, 0.6) is 0 Å². The Morgan fingerprint density at radius 1 is 1.67 bits per heavy atom. The first-order chi connectivity index (χ1) is 7.27. The zero-order chi connectivity index (χ0) is 10.7. The number of aromatic nitrogens is 3. The third-order valence-corrected chi connectivity index (χ3v) is 4.31. The van der Waals surface area contributed by atoms with Crippen LogP contribution in [0.25, 0.3) is 0 Å². The molecule has 1 aromatic rings. The molecule has 0 amide bonds. The second-order valence-corrected chi connectivity index (χ2v) is 5.55. The van der Waals surface area contributed by atoms with Crippen molar-refractivity contribution in [3.05, 3.63) is 12.2 Å². The summed E-state index contributed by atoms with van der Waals surface area (Å²) in [7, 11) is 1.98. The van der Waals surface area contributed by atoms with Crippen LogP contribution in [0.2, 0.25) is 0 Å². The van der Waals surface area contributed by atoms with Gasteiger partial charge < -0.3 is 9.88 Å². The second kappa shape index (κ2) is 4.99. The second-order valence-electron chi connectivity index (χ2n) is 4.06. The van der Waals surface area contributed by atoms with Crippen LogP contribution in [0.3, 0.4) is 0 Å². The molecule has 0 saturated carbocycles. The first kappa shape index (κ1) is 11.0. The molecule has 2 heterocycles. The van der Waals surface area contributed by atoms with E-state index >= 15 is 0 Å². The summed E-state index contributed by atoms with van der Waals surface area (Å²) < 4.78 is 1.97. The Balaban J connectivity index is 1.84. The normalized spacial score (nSPS) is 26.8. The van der Waals surface area contributed by atoms with Crippen LogP contribution in [0.15, 0.2) is 6.33 Å². The van der Waals surface area contributed by atoms with Gasteiger partial charge in [-0.15, -0.1) is 10.2 Å². The molecule has 84 valence electrons. The fraction of sp³-hybridized carbons (Fsp3) is 0.800. The van der Waals surface area contributed by atoms with Crippen LogP contribution >= 0.6 is 11.8 Å². The van der Waals surface area contributed by atoms with Crippen molar-refractivity contribution >= 4 is 11.8 Å². The molecule has 1 aromatic heterocycles. The molecular formula is C10H18N4S. The van der Waals surface area contributed by atoms with Gasteiger partial charge in [-0.1, -0.05) is 6.92 Å². The molecule has 1 aliphatic rings. The molecule has 0 bridgehead atoms. The molecule has 1 aliphatic heterocycles. The largest absolute Gasteiger partial charge is 0.320 e. The van der Waals surface area contributed by atoms with Crippen molar-refractivity contribution in [2.45, 2.75) is 37.6 Å². The van der Waals surface area contributed by atoms with Gasteiger partial charge in [-0.25, -0.2) is 0 Å². The highest BCUT2D eigenvalue weighted by Crippen LogP contribution is 2.25. The highest BCUT2D eigenvalue weighted by Gasteiger charge is 2.21. The van der Waals surface area contributed by atoms with Crippen molar-refractivity contribution in [1.82, 2.24) is 20.1 Å². The van der Waals surface area contributed by atoms with Crippen LogP contribution in [0, 0.1) is 0 Å². The maximum Gasteiger partial charge on any atom is 0.146 e. The van der Waals surface area contributed by atoms with Crippen molar-refractivity contribution in [3.8, 4) is 0 Å². The zero-order valence-electron chi connectivity index (χ0n) is 9.31. The van der Waals surface area contributed by atoms with Crippen molar-refractivity contribution in [3.63, 3.8) is 0 Å². The molecule has 4 nitrogen and oxygen atoms in total. The molecule has 5 heteroatoms. The quantitative estimate of drug-likeness (QED) is 0.840. The number of nitrogens with one attached hydrogen (secondary N) is 1. The van der Waals surface area contributed by atoms with Crippen molar-refractivity contribution in [2.24, 2.45) is 7.05 Å². The van der Waals surface area contributed by atoms with E-state index in [9.17, 15) is 0 Å². The Hall–Kier alpha value is -0.550. The lowest BCUT2D eigenvalue weighted by molar-refractivity contribution is 0.451. The monoisotopic (exact) mass is 226 g/mol. The Bertz CT molecular complexity index is 312. The smallest absolute Gasteiger partial charge is 0.146 e. The van der Waals surface area contributed by atoms with E-state index in [1.807, 2.05) is 11.6 Å². The van der Waals surface area contributed by atoms with Gasteiger partial charge in [-0.3, -0.25) is 0 Å². The van der Waals surface area contributed by atoms with Gasteiger partial charge in [0.25, 0.3) is 0 Å². The summed E-state index contributed by atoms with van der Waals surface area (Å²) in [5.41, 5.74) is 0. The molecule has 2 atom stereocenters. The number of rotatable bonds is 3. The molecule has 0 radical (unpaired) electrons. The van der Waals surface area contributed by atoms with E-state index < -0.39 is 0 Å². The first-order valence-corrected chi connectivity index (χ1v) is 6.50. The maximum atomic E-state index is 4.07. The van der Waals surface area contributed by atoms with Gasteiger partial charge in [0.15, 0.2) is 0 Å². The van der Waals surface area contributed by atoms with Gasteiger partial charge in [0.05, 0.1) is 6.54 Å². The summed E-state index contributed by atoms with van der Waals surface area (Å²) in [4.78, 5) is 0. The van der Waals surface area contributed by atoms with Gasteiger partial charge in [0.2, 0.25) is 0 Å². The Morgan fingerprint density at radius 2 is 2.53 bits per heavy atom. The highest BCUT2D eigenvalue weighted by atomic mass is 32.2. The van der Waals surface area contributed by atoms with Crippen LogP contribution < -0.4 is 5.32 Å². The standard InChI is InChI=1S/C10H18N4S/c1-8-9(4-3-5-15-8)11-6-10-13-12-7-14(10)2/h7-9,11H,3-6H2,1-2H3. The van der Waals surface area contributed by atoms with Gasteiger partial charge in [-0.05, 0) is 18.6 Å². The van der Waals surface area contributed by atoms with Crippen LogP contribution in [0.1, 0.15) is 25.6 Å². The summed E-state index contributed by atoms with van der Waals surface area (Å²) in [6, 6.07) is 0.625. The highest BCUT2D eigenvalue weighted by molar-refractivity contribution is 7.99. The van der Waals surface area contributed by atoms with Crippen molar-refractivity contribution in [1.29, 1.82) is 0 Å². The topological polar surface area (TPSA) is 42.7 Å². The van der Waals surface area contributed by atoms with E-state index in [0.29, 0.717) is 11.3 Å². The van der Waals surface area contributed by atoms with E-state index in [1.54, 1.807) is 6.33 Å². The SMILES string of the molecule is CC1SCCCC1NCc1nncn1C. The minimum Gasteiger partial charge on any atom is -0.320 e. The van der Waals surface area contributed by atoms with E-state index in [1.165, 1.54) is 18.6 Å². The lowest BCUT2D eigenvalue weighted by Crippen LogP contribution is -2.39. The summed E-state index contributed by atoms with van der Waals surface area (Å²) in [5, 5.41) is 12.2. The molecule has 2 rings (SSSR count). The number of hydrogen-bond acceptors (Lipinski definition) is 4. The van der Waals surface area contributed by atoms with E-state index in [4.69, 9.17) is 0 Å². The van der Waals surface area contributed by atoms with Crippen LogP contribution in [0.4, 0.5) is 0 Å². The molecule has 0 aliphatic carbocycles. The van der Waals surface area contributed by atoms with E-state index in [-0.39, 0.29) is 0 Å². The maximum absolute atomic E-state index is 4.07. The molecule has 1 N–H and O–H groups in total. The molecule has 1 fully saturated rings. The van der Waals surface area contributed by atoms with Gasteiger partial charge in [0.1, 0.15) is 12.2 Å². The van der Waals surface area contributed by atoms with Crippen LogP contribution in [-0.2, 0) is 13.6 Å². The summed E-state index contributed by atoms with van der Waals surface area (Å²) in [6.45, 7) is 3.13. The molecule has 15 heavy (non-hydrogen) atoms. The Morgan fingerprint density at radius 3 is 3.20 bits per heavy atom. The molecule has 0 spiro atoms. The van der Waals surface area contributed by atoms with E-state index in [0.717, 1.165) is 12.4 Å². The first-order valence-electron chi connectivity index (χ1n) is 5.45. The summed E-state index contributed by atoms with van der Waals surface area (Å²) in [6.07, 6.45) is 4.35. The zero-order valence-corrected chi connectivity index (χ0v) is 10.1. The van der Waals surface area contributed by atoms with Crippen molar-refractivity contribution in [2.75, 3.05) is 5.75 Å². The average Bonchev–Trinajstić information content (AvgIpc) is 2.63. The number of nitrogens with zero attached hydrogens (tertiary/aromatic N) is 3. The lowest BCUT2D eigenvalue weighted by atomic mass is 10.1. The molecule has 0 aromatic carbocycles. The minimum atomic E-state index is 0.625. The number of thioether (sulfide) groups is 1. The third-order valence-electron chi connectivity index (χ3n) is 2.93. The summed E-state index contributed by atoms with van der Waals surface area (Å²) in [5.74, 6) is 2.32. The van der Waals surface area contributed by atoms with Crippen molar-refractivity contribution < 1.29 is 0 Å². The van der Waals surface area contributed by atoms with Gasteiger partial charge >= 0.3 is 0 Å². The fourth-order valence-electron chi connectivity index (χ4n) is 1.88. The Labute approximate surface area is 94.8 Å². The number of hydrogen-bond donors (Lipinski definition) is 1. The number of aryl methyl sites for hydroxylation is 1. The summed E-state index contributed by atoms with van der Waals surface area (Å²) >= 11 is 2.06. The van der Waals surface area contributed by atoms with E-state index in [2.05, 4.69) is 34.2 Å². The molecular weight excluding hydrogens is 208 g/mol. The average molecular weight is 226 g/mol. The fourth-order valence-corrected chi connectivity index (χ4v) is 3.05. The predicted molar refractivity (Wildman–Crippen MR) is 62.8 cm³/mol. The molecule has 2 unspecified atom stereocenters. The Kier molecular flexibility index (Phi) is 3.64. The van der Waals surface area contributed by atoms with Gasteiger partial charge in [0, 0.05) is 18.3 Å². The predicted octanol–water partition coefficient (Wildman–Crippen LogP) is 1.19.